The van der Waals surface area contributed by atoms with Crippen LogP contribution < -0.4 is 11.1 Å². The molecule has 2 nitrogen and oxygen atoms in total. The highest BCUT2D eigenvalue weighted by Gasteiger charge is 2.13. The van der Waals surface area contributed by atoms with Crippen molar-refractivity contribution in [3.8, 4) is 0 Å². The molecule has 0 bridgehead atoms. The van der Waals surface area contributed by atoms with Crippen molar-refractivity contribution in [1.82, 2.24) is 0 Å². The van der Waals surface area contributed by atoms with E-state index in [1.54, 1.807) is 12.1 Å². The molecule has 0 amide bonds. The number of hydrogen-bond donors (Lipinski definition) is 2. The Morgan fingerprint density at radius 1 is 1.25 bits per heavy atom. The Labute approximate surface area is 138 Å². The molecule has 6 heteroatoms. The number of hydrogen-bond acceptors (Lipinski definition) is 2. The third kappa shape index (κ3) is 3.37. The third-order valence-electron chi connectivity index (χ3n) is 2.67. The van der Waals surface area contributed by atoms with Crippen molar-refractivity contribution in [3.63, 3.8) is 0 Å². The molecule has 0 radical (unpaired) electrons. The molecule has 104 valence electrons. The zero-order valence-electron chi connectivity index (χ0n) is 10.5. The number of anilines is 2. The molecule has 3 N–H and O–H groups in total. The maximum atomic E-state index is 14.3. The summed E-state index contributed by atoms with van der Waals surface area (Å²) in [6.07, 6.45) is 0. The highest BCUT2D eigenvalue weighted by Crippen LogP contribution is 2.30. The van der Waals surface area contributed by atoms with Crippen LogP contribution in [0.3, 0.4) is 0 Å². The van der Waals surface area contributed by atoms with E-state index < -0.39 is 5.82 Å². The van der Waals surface area contributed by atoms with Crippen LogP contribution in [-0.2, 0) is 0 Å². The predicted molar refractivity (Wildman–Crippen MR) is 92.1 cm³/mol. The van der Waals surface area contributed by atoms with Gasteiger partial charge in [-0.15, -0.1) is 0 Å². The molecule has 0 saturated heterocycles. The smallest absolute Gasteiger partial charge is 0.161 e. The number of nitrogens with one attached hydrogen (secondary N) is 1. The minimum atomic E-state index is -0.423. The first-order chi connectivity index (χ1) is 9.38. The fourth-order valence-electron chi connectivity index (χ4n) is 1.80. The van der Waals surface area contributed by atoms with E-state index in [2.05, 4.69) is 37.2 Å². The predicted octanol–water partition coefficient (Wildman–Crippen LogP) is 5.04. The summed E-state index contributed by atoms with van der Waals surface area (Å²) in [6.45, 7) is 1.97. The lowest BCUT2D eigenvalue weighted by Gasteiger charge is -2.12. The molecule has 0 aromatic heterocycles. The van der Waals surface area contributed by atoms with Crippen molar-refractivity contribution in [3.05, 3.63) is 56.2 Å². The second-order valence-corrected chi connectivity index (χ2v) is 6.44. The van der Waals surface area contributed by atoms with Crippen molar-refractivity contribution >= 4 is 60.4 Å². The first-order valence-corrected chi connectivity index (χ1v) is 7.70. The van der Waals surface area contributed by atoms with Gasteiger partial charge in [0.2, 0.25) is 0 Å². The number of thiocarbonyl (C=S) groups is 1. The van der Waals surface area contributed by atoms with Crippen LogP contribution in [0.5, 0.6) is 0 Å². The molecule has 2 aromatic carbocycles. The van der Waals surface area contributed by atoms with Gasteiger partial charge in [0.1, 0.15) is 4.99 Å². The van der Waals surface area contributed by atoms with Crippen LogP contribution in [0, 0.1) is 12.7 Å². The number of nitrogens with two attached hydrogens (primary N) is 1. The lowest BCUT2D eigenvalue weighted by molar-refractivity contribution is 0.625. The largest absolute Gasteiger partial charge is 0.389 e. The van der Waals surface area contributed by atoms with Crippen LogP contribution in [-0.4, -0.2) is 4.99 Å². The zero-order valence-corrected chi connectivity index (χ0v) is 14.5. The molecule has 0 atom stereocenters. The molecular formula is C14H11Br2FN2S. The van der Waals surface area contributed by atoms with Gasteiger partial charge in [-0.05, 0) is 58.7 Å². The van der Waals surface area contributed by atoms with Gasteiger partial charge >= 0.3 is 0 Å². The van der Waals surface area contributed by atoms with Gasteiger partial charge < -0.3 is 11.1 Å². The summed E-state index contributed by atoms with van der Waals surface area (Å²) >= 11 is 11.5. The molecule has 0 aliphatic heterocycles. The second-order valence-electron chi connectivity index (χ2n) is 4.30. The van der Waals surface area contributed by atoms with E-state index in [-0.39, 0.29) is 9.46 Å². The average Bonchev–Trinajstić information content (AvgIpc) is 2.33. The lowest BCUT2D eigenvalue weighted by atomic mass is 10.1. The summed E-state index contributed by atoms with van der Waals surface area (Å²) in [6, 6.07) is 9.09. The van der Waals surface area contributed by atoms with Crippen molar-refractivity contribution in [2.75, 3.05) is 5.32 Å². The molecular weight excluding hydrogens is 407 g/mol. The van der Waals surface area contributed by atoms with Crippen molar-refractivity contribution < 1.29 is 4.39 Å². The first kappa shape index (κ1) is 15.4. The highest BCUT2D eigenvalue weighted by atomic mass is 79.9. The zero-order chi connectivity index (χ0) is 14.9. The Morgan fingerprint density at radius 2 is 1.95 bits per heavy atom. The van der Waals surface area contributed by atoms with Gasteiger partial charge in [-0.3, -0.25) is 0 Å². The number of halogens is 3. The van der Waals surface area contributed by atoms with Gasteiger partial charge in [-0.2, -0.15) is 0 Å². The van der Waals surface area contributed by atoms with Gasteiger partial charge in [-0.1, -0.05) is 28.1 Å². The summed E-state index contributed by atoms with van der Waals surface area (Å²) < 4.78 is 15.5. The molecule has 2 aromatic rings. The quantitative estimate of drug-likeness (QED) is 0.687. The Balaban J connectivity index is 2.39. The first-order valence-electron chi connectivity index (χ1n) is 5.70. The van der Waals surface area contributed by atoms with Gasteiger partial charge in [0.25, 0.3) is 0 Å². The van der Waals surface area contributed by atoms with Crippen molar-refractivity contribution in [2.45, 2.75) is 6.92 Å². The SMILES string of the molecule is Cc1cc(Br)cc(Nc2ccc(C(N)=S)c(Br)c2F)c1. The van der Waals surface area contributed by atoms with Crippen LogP contribution in [0.15, 0.2) is 39.3 Å². The highest BCUT2D eigenvalue weighted by molar-refractivity contribution is 9.10. The van der Waals surface area contributed by atoms with Gasteiger partial charge in [0.05, 0.1) is 10.2 Å². The van der Waals surface area contributed by atoms with Crippen LogP contribution in [0.4, 0.5) is 15.8 Å². The molecule has 0 aliphatic carbocycles. The fourth-order valence-corrected chi connectivity index (χ4v) is 3.27. The molecule has 20 heavy (non-hydrogen) atoms. The molecule has 0 heterocycles. The molecule has 0 unspecified atom stereocenters. The van der Waals surface area contributed by atoms with E-state index in [0.29, 0.717) is 11.3 Å². The van der Waals surface area contributed by atoms with E-state index >= 15 is 0 Å². The summed E-state index contributed by atoms with van der Waals surface area (Å²) in [5, 5.41) is 3.04. The Morgan fingerprint density at radius 3 is 2.55 bits per heavy atom. The summed E-state index contributed by atoms with van der Waals surface area (Å²) in [5.41, 5.74) is 8.24. The molecule has 0 aliphatic rings. The van der Waals surface area contributed by atoms with Crippen LogP contribution in [0.1, 0.15) is 11.1 Å². The van der Waals surface area contributed by atoms with E-state index in [9.17, 15) is 4.39 Å². The second kappa shape index (κ2) is 6.20. The number of benzene rings is 2. The molecule has 0 spiro atoms. The van der Waals surface area contributed by atoms with Crippen molar-refractivity contribution in [2.24, 2.45) is 5.73 Å². The average molecular weight is 418 g/mol. The third-order valence-corrected chi connectivity index (χ3v) is 4.12. The van der Waals surface area contributed by atoms with Gasteiger partial charge in [0.15, 0.2) is 5.82 Å². The fraction of sp³-hybridized carbons (Fsp3) is 0.0714. The lowest BCUT2D eigenvalue weighted by Crippen LogP contribution is -2.11. The Hall–Kier alpha value is -0.980. The molecule has 2 rings (SSSR count). The Bertz CT molecular complexity index is 669. The topological polar surface area (TPSA) is 38.0 Å². The normalized spacial score (nSPS) is 10.4. The monoisotopic (exact) mass is 416 g/mol. The van der Waals surface area contributed by atoms with Crippen molar-refractivity contribution in [1.29, 1.82) is 0 Å². The van der Waals surface area contributed by atoms with E-state index in [0.717, 1.165) is 15.7 Å². The number of aryl methyl sites for hydroxylation is 1. The van der Waals surface area contributed by atoms with E-state index in [4.69, 9.17) is 18.0 Å². The Kier molecular flexibility index (Phi) is 4.78. The summed E-state index contributed by atoms with van der Waals surface area (Å²) in [4.78, 5) is 0.153. The van der Waals surface area contributed by atoms with E-state index in [1.165, 1.54) is 0 Å². The van der Waals surface area contributed by atoms with Crippen LogP contribution in [0.25, 0.3) is 0 Å². The minimum absolute atomic E-state index is 0.153. The summed E-state index contributed by atoms with van der Waals surface area (Å²) in [7, 11) is 0. The van der Waals surface area contributed by atoms with Crippen LogP contribution in [0.2, 0.25) is 0 Å². The minimum Gasteiger partial charge on any atom is -0.389 e. The number of rotatable bonds is 3. The van der Waals surface area contributed by atoms with Gasteiger partial charge in [-0.25, -0.2) is 4.39 Å². The maximum absolute atomic E-state index is 14.3. The molecule has 0 saturated carbocycles. The summed E-state index contributed by atoms with van der Waals surface area (Å²) in [5.74, 6) is -0.423. The van der Waals surface area contributed by atoms with Crippen LogP contribution >= 0.6 is 44.1 Å². The van der Waals surface area contributed by atoms with E-state index in [1.807, 2.05) is 25.1 Å². The maximum Gasteiger partial charge on any atom is 0.161 e. The standard InChI is InChI=1S/C14H11Br2FN2S/c1-7-4-8(15)6-9(5-7)19-11-3-2-10(14(18)20)12(16)13(11)17/h2-6,19H,1H3,(H2,18,20). The van der Waals surface area contributed by atoms with Gasteiger partial charge in [0, 0.05) is 15.7 Å². The molecule has 0 fully saturated rings.